The van der Waals surface area contributed by atoms with E-state index in [0.717, 1.165) is 0 Å². The summed E-state index contributed by atoms with van der Waals surface area (Å²) in [5.74, 6) is -0.897. The van der Waals surface area contributed by atoms with Crippen LogP contribution in [0.1, 0.15) is 47.5 Å². The van der Waals surface area contributed by atoms with E-state index in [1.54, 1.807) is 4.90 Å². The number of aliphatic carboxylic acids is 1. The van der Waals surface area contributed by atoms with Gasteiger partial charge in [0.1, 0.15) is 0 Å². The predicted molar refractivity (Wildman–Crippen MR) is 80.2 cm³/mol. The minimum absolute atomic E-state index is 0.0477. The lowest BCUT2D eigenvalue weighted by Crippen LogP contribution is -2.59. The van der Waals surface area contributed by atoms with Crippen LogP contribution in [0.4, 0.5) is 4.79 Å². The van der Waals surface area contributed by atoms with E-state index < -0.39 is 5.97 Å². The molecule has 6 heteroatoms. The highest BCUT2D eigenvalue weighted by molar-refractivity contribution is 5.76. The van der Waals surface area contributed by atoms with E-state index in [9.17, 15) is 9.59 Å². The van der Waals surface area contributed by atoms with Gasteiger partial charge in [-0.1, -0.05) is 20.8 Å². The third-order valence-corrected chi connectivity index (χ3v) is 3.50. The zero-order valence-corrected chi connectivity index (χ0v) is 13.7. The second-order valence-corrected chi connectivity index (χ2v) is 7.53. The molecule has 2 amide bonds. The normalized spacial score (nSPS) is 20.0. The van der Waals surface area contributed by atoms with Crippen LogP contribution in [0.25, 0.3) is 0 Å². The van der Waals surface area contributed by atoms with Crippen molar-refractivity contribution in [1.82, 2.24) is 10.2 Å². The number of nitrogens with one attached hydrogen (secondary N) is 1. The summed E-state index contributed by atoms with van der Waals surface area (Å²) in [5, 5.41) is 11.9. The van der Waals surface area contributed by atoms with Crippen molar-refractivity contribution in [2.75, 3.05) is 19.8 Å². The van der Waals surface area contributed by atoms with Crippen LogP contribution < -0.4 is 5.32 Å². The topological polar surface area (TPSA) is 78.9 Å². The minimum atomic E-state index is -0.897. The van der Waals surface area contributed by atoms with E-state index in [-0.39, 0.29) is 29.4 Å². The van der Waals surface area contributed by atoms with Gasteiger partial charge in [-0.15, -0.1) is 0 Å². The van der Waals surface area contributed by atoms with Gasteiger partial charge in [0.2, 0.25) is 0 Å². The number of hydrogen-bond acceptors (Lipinski definition) is 3. The molecule has 21 heavy (non-hydrogen) atoms. The largest absolute Gasteiger partial charge is 0.481 e. The molecule has 0 bridgehead atoms. The van der Waals surface area contributed by atoms with Gasteiger partial charge >= 0.3 is 12.0 Å². The first-order chi connectivity index (χ1) is 9.51. The average Bonchev–Trinajstić information content (AvgIpc) is 2.24. The van der Waals surface area contributed by atoms with Gasteiger partial charge in [0.15, 0.2) is 0 Å². The highest BCUT2D eigenvalue weighted by Gasteiger charge is 2.35. The third kappa shape index (κ3) is 5.91. The van der Waals surface area contributed by atoms with Crippen LogP contribution in [0.2, 0.25) is 0 Å². The number of carbonyl (C=O) groups is 2. The fourth-order valence-electron chi connectivity index (χ4n) is 2.61. The lowest BCUT2D eigenvalue weighted by Gasteiger charge is -2.42. The molecule has 0 aromatic rings. The molecule has 1 aliphatic rings. The molecule has 6 nitrogen and oxygen atoms in total. The molecular formula is C15H28N2O4. The molecule has 0 saturated carbocycles. The monoisotopic (exact) mass is 300 g/mol. The summed E-state index contributed by atoms with van der Waals surface area (Å²) < 4.78 is 5.40. The number of urea groups is 1. The standard InChI is InChI=1S/C15H28N2O4/c1-14(2,3)9-11(8-12(18)19)16-13(20)17-6-7-21-10-15(17,4)5/h11H,6-10H2,1-5H3,(H,16,20)(H,18,19). The van der Waals surface area contributed by atoms with Gasteiger partial charge in [-0.25, -0.2) is 4.79 Å². The molecule has 1 fully saturated rings. The van der Waals surface area contributed by atoms with Crippen molar-refractivity contribution in [3.05, 3.63) is 0 Å². The Bertz CT molecular complexity index is 388. The Labute approximate surface area is 126 Å². The van der Waals surface area contributed by atoms with E-state index in [1.165, 1.54) is 0 Å². The average molecular weight is 300 g/mol. The van der Waals surface area contributed by atoms with Gasteiger partial charge in [0.25, 0.3) is 0 Å². The second-order valence-electron chi connectivity index (χ2n) is 7.53. The van der Waals surface area contributed by atoms with Crippen LogP contribution in [-0.2, 0) is 9.53 Å². The fourth-order valence-corrected chi connectivity index (χ4v) is 2.61. The zero-order chi connectivity index (χ0) is 16.3. The summed E-state index contributed by atoms with van der Waals surface area (Å²) >= 11 is 0. The molecule has 0 radical (unpaired) electrons. The first-order valence-corrected chi connectivity index (χ1v) is 7.39. The highest BCUT2D eigenvalue weighted by atomic mass is 16.5. The van der Waals surface area contributed by atoms with Crippen molar-refractivity contribution in [2.24, 2.45) is 5.41 Å². The van der Waals surface area contributed by atoms with E-state index in [2.05, 4.69) is 5.32 Å². The third-order valence-electron chi connectivity index (χ3n) is 3.50. The number of carboxylic acids is 1. The predicted octanol–water partition coefficient (Wildman–Crippen LogP) is 2.09. The lowest BCUT2D eigenvalue weighted by molar-refractivity contribution is -0.137. The Morgan fingerprint density at radius 1 is 1.38 bits per heavy atom. The molecule has 1 aliphatic heterocycles. The Morgan fingerprint density at radius 2 is 2.00 bits per heavy atom. The van der Waals surface area contributed by atoms with Gasteiger partial charge in [0, 0.05) is 12.6 Å². The highest BCUT2D eigenvalue weighted by Crippen LogP contribution is 2.24. The van der Waals surface area contributed by atoms with Crippen LogP contribution >= 0.6 is 0 Å². The van der Waals surface area contributed by atoms with Gasteiger partial charge in [-0.05, 0) is 25.7 Å². The number of amides is 2. The summed E-state index contributed by atoms with van der Waals surface area (Å²) in [6.07, 6.45) is 0.559. The number of nitrogens with zero attached hydrogens (tertiary/aromatic N) is 1. The van der Waals surface area contributed by atoms with Gasteiger partial charge in [0.05, 0.1) is 25.2 Å². The summed E-state index contributed by atoms with van der Waals surface area (Å²) in [4.78, 5) is 25.2. The van der Waals surface area contributed by atoms with Crippen LogP contribution in [0, 0.1) is 5.41 Å². The van der Waals surface area contributed by atoms with Crippen molar-refractivity contribution >= 4 is 12.0 Å². The Kier molecular flexibility index (Phi) is 5.61. The lowest BCUT2D eigenvalue weighted by atomic mass is 9.87. The number of ether oxygens (including phenoxy) is 1. The molecule has 122 valence electrons. The molecular weight excluding hydrogens is 272 g/mol. The summed E-state index contributed by atoms with van der Waals surface area (Å²) in [7, 11) is 0. The second kappa shape index (κ2) is 6.64. The van der Waals surface area contributed by atoms with Crippen molar-refractivity contribution < 1.29 is 19.4 Å². The van der Waals surface area contributed by atoms with Crippen molar-refractivity contribution in [3.63, 3.8) is 0 Å². The molecule has 0 aromatic heterocycles. The Balaban J connectivity index is 2.72. The first kappa shape index (κ1) is 17.8. The quantitative estimate of drug-likeness (QED) is 0.833. The van der Waals surface area contributed by atoms with E-state index in [4.69, 9.17) is 9.84 Å². The molecule has 0 aromatic carbocycles. The van der Waals surface area contributed by atoms with Crippen molar-refractivity contribution in [1.29, 1.82) is 0 Å². The maximum atomic E-state index is 12.5. The SMILES string of the molecule is CC(C)(C)CC(CC(=O)O)NC(=O)N1CCOCC1(C)C. The summed E-state index contributed by atoms with van der Waals surface area (Å²) in [6.45, 7) is 11.5. The zero-order valence-electron chi connectivity index (χ0n) is 13.7. The molecule has 1 unspecified atom stereocenters. The Morgan fingerprint density at radius 3 is 2.48 bits per heavy atom. The maximum Gasteiger partial charge on any atom is 0.318 e. The molecule has 0 spiro atoms. The first-order valence-electron chi connectivity index (χ1n) is 7.39. The molecule has 2 N–H and O–H groups in total. The smallest absolute Gasteiger partial charge is 0.318 e. The maximum absolute atomic E-state index is 12.5. The molecule has 1 saturated heterocycles. The van der Waals surface area contributed by atoms with E-state index in [0.29, 0.717) is 26.2 Å². The van der Waals surface area contributed by atoms with Crippen LogP contribution in [0.15, 0.2) is 0 Å². The van der Waals surface area contributed by atoms with Crippen LogP contribution in [-0.4, -0.2) is 53.3 Å². The van der Waals surface area contributed by atoms with E-state index in [1.807, 2.05) is 34.6 Å². The van der Waals surface area contributed by atoms with Gasteiger partial charge in [-0.3, -0.25) is 4.79 Å². The van der Waals surface area contributed by atoms with Gasteiger partial charge in [-0.2, -0.15) is 0 Å². The van der Waals surface area contributed by atoms with E-state index >= 15 is 0 Å². The molecule has 0 aliphatic carbocycles. The van der Waals surface area contributed by atoms with Gasteiger partial charge < -0.3 is 20.1 Å². The fraction of sp³-hybridized carbons (Fsp3) is 0.867. The van der Waals surface area contributed by atoms with Crippen molar-refractivity contribution in [3.8, 4) is 0 Å². The van der Waals surface area contributed by atoms with Crippen LogP contribution in [0.3, 0.4) is 0 Å². The Hall–Kier alpha value is -1.30. The molecule has 1 heterocycles. The van der Waals surface area contributed by atoms with Crippen LogP contribution in [0.5, 0.6) is 0 Å². The minimum Gasteiger partial charge on any atom is -0.481 e. The summed E-state index contributed by atoms with van der Waals surface area (Å²) in [6, 6.07) is -0.576. The number of rotatable bonds is 4. The van der Waals surface area contributed by atoms with Crippen molar-refractivity contribution in [2.45, 2.75) is 59.0 Å². The number of carboxylic acid groups (broad SMARTS) is 1. The molecule has 1 rings (SSSR count). The number of carbonyl (C=O) groups excluding carboxylic acids is 1. The number of morpholine rings is 1. The number of hydrogen-bond donors (Lipinski definition) is 2. The molecule has 1 atom stereocenters. The summed E-state index contributed by atoms with van der Waals surface area (Å²) in [5.41, 5.74) is -0.425.